The van der Waals surface area contributed by atoms with E-state index in [4.69, 9.17) is 0 Å². The Labute approximate surface area is 134 Å². The van der Waals surface area contributed by atoms with Crippen molar-refractivity contribution >= 4 is 17.5 Å². The van der Waals surface area contributed by atoms with Crippen LogP contribution in [0.15, 0.2) is 29.4 Å². The zero-order valence-corrected chi connectivity index (χ0v) is 13.2. The highest BCUT2D eigenvalue weighted by Gasteiger charge is 2.17. The molecule has 3 rings (SSSR count). The summed E-state index contributed by atoms with van der Waals surface area (Å²) in [4.78, 5) is 18.0. The van der Waals surface area contributed by atoms with E-state index in [0.717, 1.165) is 37.4 Å². The average Bonchev–Trinajstić information content (AvgIpc) is 3.25. The monoisotopic (exact) mass is 315 g/mol. The molecule has 0 unspecified atom stereocenters. The van der Waals surface area contributed by atoms with Crippen LogP contribution in [-0.4, -0.2) is 58.0 Å². The predicted octanol–water partition coefficient (Wildman–Crippen LogP) is 0.0167. The standard InChI is InChI=1S/C15H21N7O/c1-16-15(18-11-14(23)21-7-4-5-8-21)17-10-13-20-19-12-6-2-3-9-22(12)13/h2-3,6,9H,4-5,7-8,10-11H2,1H3,(H2,16,17,18). The lowest BCUT2D eigenvalue weighted by atomic mass is 10.4. The van der Waals surface area contributed by atoms with Crippen molar-refractivity contribution in [3.05, 3.63) is 30.2 Å². The van der Waals surface area contributed by atoms with Gasteiger partial charge >= 0.3 is 0 Å². The van der Waals surface area contributed by atoms with Gasteiger partial charge < -0.3 is 15.5 Å². The van der Waals surface area contributed by atoms with Gasteiger partial charge in [-0.25, -0.2) is 0 Å². The smallest absolute Gasteiger partial charge is 0.241 e. The number of hydrogen-bond acceptors (Lipinski definition) is 4. The second-order valence-electron chi connectivity index (χ2n) is 5.41. The fraction of sp³-hybridized carbons (Fsp3) is 0.467. The van der Waals surface area contributed by atoms with Gasteiger partial charge in [-0.15, -0.1) is 10.2 Å². The van der Waals surface area contributed by atoms with Crippen molar-refractivity contribution in [3.63, 3.8) is 0 Å². The molecule has 1 aliphatic rings. The van der Waals surface area contributed by atoms with Crippen LogP contribution in [0, 0.1) is 0 Å². The molecular weight excluding hydrogens is 294 g/mol. The molecule has 0 atom stereocenters. The molecule has 0 saturated carbocycles. The normalized spacial score (nSPS) is 15.2. The first-order chi connectivity index (χ1) is 11.3. The van der Waals surface area contributed by atoms with Crippen LogP contribution < -0.4 is 10.6 Å². The molecular formula is C15H21N7O. The number of amides is 1. The van der Waals surface area contributed by atoms with E-state index >= 15 is 0 Å². The minimum Gasteiger partial charge on any atom is -0.349 e. The minimum absolute atomic E-state index is 0.110. The first-order valence-corrected chi connectivity index (χ1v) is 7.79. The highest BCUT2D eigenvalue weighted by atomic mass is 16.2. The van der Waals surface area contributed by atoms with Crippen LogP contribution in [0.3, 0.4) is 0 Å². The van der Waals surface area contributed by atoms with Gasteiger partial charge in [-0.1, -0.05) is 6.07 Å². The predicted molar refractivity (Wildman–Crippen MR) is 87.0 cm³/mol. The highest BCUT2D eigenvalue weighted by molar-refractivity contribution is 5.86. The van der Waals surface area contributed by atoms with E-state index in [1.165, 1.54) is 0 Å². The Hall–Kier alpha value is -2.64. The molecule has 1 amide bonds. The first-order valence-electron chi connectivity index (χ1n) is 7.79. The minimum atomic E-state index is 0.110. The lowest BCUT2D eigenvalue weighted by Crippen LogP contribution is -2.43. The summed E-state index contributed by atoms with van der Waals surface area (Å²) >= 11 is 0. The van der Waals surface area contributed by atoms with Crippen molar-refractivity contribution in [2.75, 3.05) is 26.7 Å². The molecule has 1 aliphatic heterocycles. The average molecular weight is 315 g/mol. The van der Waals surface area contributed by atoms with Crippen LogP contribution in [0.4, 0.5) is 0 Å². The number of aliphatic imine (C=N–C) groups is 1. The summed E-state index contributed by atoms with van der Waals surface area (Å²) < 4.78 is 1.91. The van der Waals surface area contributed by atoms with Gasteiger partial charge in [0.05, 0.1) is 13.1 Å². The van der Waals surface area contributed by atoms with Crippen molar-refractivity contribution in [1.82, 2.24) is 30.1 Å². The Kier molecular flexibility index (Phi) is 4.70. The topological polar surface area (TPSA) is 86.9 Å². The van der Waals surface area contributed by atoms with Gasteiger partial charge in [0.2, 0.25) is 5.91 Å². The van der Waals surface area contributed by atoms with E-state index in [1.54, 1.807) is 7.05 Å². The summed E-state index contributed by atoms with van der Waals surface area (Å²) in [7, 11) is 1.68. The molecule has 1 saturated heterocycles. The lowest BCUT2D eigenvalue weighted by molar-refractivity contribution is -0.128. The fourth-order valence-electron chi connectivity index (χ4n) is 2.63. The molecule has 23 heavy (non-hydrogen) atoms. The molecule has 8 heteroatoms. The van der Waals surface area contributed by atoms with Crippen molar-refractivity contribution in [3.8, 4) is 0 Å². The van der Waals surface area contributed by atoms with E-state index in [1.807, 2.05) is 33.7 Å². The molecule has 8 nitrogen and oxygen atoms in total. The number of likely N-dealkylation sites (tertiary alicyclic amines) is 1. The maximum absolute atomic E-state index is 12.0. The Balaban J connectivity index is 1.52. The molecule has 1 fully saturated rings. The third-order valence-electron chi connectivity index (χ3n) is 3.89. The van der Waals surface area contributed by atoms with E-state index in [2.05, 4.69) is 25.8 Å². The van der Waals surface area contributed by atoms with E-state index in [0.29, 0.717) is 12.5 Å². The van der Waals surface area contributed by atoms with Crippen LogP contribution in [0.5, 0.6) is 0 Å². The Morgan fingerprint density at radius 3 is 2.87 bits per heavy atom. The van der Waals surface area contributed by atoms with Gasteiger partial charge in [0, 0.05) is 26.3 Å². The second kappa shape index (κ2) is 7.08. The van der Waals surface area contributed by atoms with E-state index < -0.39 is 0 Å². The van der Waals surface area contributed by atoms with Gasteiger partial charge in [0.25, 0.3) is 0 Å². The number of carbonyl (C=O) groups excluding carboxylic acids is 1. The van der Waals surface area contributed by atoms with Crippen LogP contribution in [0.1, 0.15) is 18.7 Å². The molecule has 2 aromatic rings. The molecule has 3 heterocycles. The first kappa shape index (κ1) is 15.3. The van der Waals surface area contributed by atoms with Gasteiger partial charge in [-0.3, -0.25) is 14.2 Å². The molecule has 0 radical (unpaired) electrons. The summed E-state index contributed by atoms with van der Waals surface area (Å²) in [6.07, 6.45) is 4.11. The number of guanidine groups is 1. The number of hydrogen-bond donors (Lipinski definition) is 2. The zero-order chi connectivity index (χ0) is 16.1. The second-order valence-corrected chi connectivity index (χ2v) is 5.41. The Bertz CT molecular complexity index is 703. The maximum Gasteiger partial charge on any atom is 0.241 e. The van der Waals surface area contributed by atoms with E-state index in [9.17, 15) is 4.79 Å². The number of fused-ring (bicyclic) bond motifs is 1. The summed E-state index contributed by atoms with van der Waals surface area (Å²) in [5.74, 6) is 1.47. The highest BCUT2D eigenvalue weighted by Crippen LogP contribution is 2.06. The Morgan fingerprint density at radius 1 is 1.26 bits per heavy atom. The summed E-state index contributed by atoms with van der Waals surface area (Å²) in [5, 5.41) is 14.5. The summed E-state index contributed by atoms with van der Waals surface area (Å²) in [5.41, 5.74) is 0.802. The number of carbonyl (C=O) groups is 1. The largest absolute Gasteiger partial charge is 0.349 e. The van der Waals surface area contributed by atoms with Crippen molar-refractivity contribution < 1.29 is 4.79 Å². The van der Waals surface area contributed by atoms with Crippen LogP contribution in [-0.2, 0) is 11.3 Å². The van der Waals surface area contributed by atoms with Crippen LogP contribution in [0.2, 0.25) is 0 Å². The number of nitrogens with zero attached hydrogens (tertiary/aromatic N) is 5. The van der Waals surface area contributed by atoms with Crippen molar-refractivity contribution in [1.29, 1.82) is 0 Å². The Morgan fingerprint density at radius 2 is 2.09 bits per heavy atom. The van der Waals surface area contributed by atoms with Gasteiger partial charge in [-0.2, -0.15) is 0 Å². The fourth-order valence-corrected chi connectivity index (χ4v) is 2.63. The molecule has 0 aromatic carbocycles. The van der Waals surface area contributed by atoms with E-state index in [-0.39, 0.29) is 12.5 Å². The van der Waals surface area contributed by atoms with Crippen LogP contribution in [0.25, 0.3) is 5.65 Å². The molecule has 0 aliphatic carbocycles. The summed E-state index contributed by atoms with van der Waals surface area (Å²) in [6, 6.07) is 5.76. The quantitative estimate of drug-likeness (QED) is 0.613. The van der Waals surface area contributed by atoms with Gasteiger partial charge in [-0.05, 0) is 25.0 Å². The number of aromatic nitrogens is 3. The SMILES string of the molecule is CN=C(NCC(=O)N1CCCC1)NCc1nnc2ccccn12. The third-order valence-corrected chi connectivity index (χ3v) is 3.89. The van der Waals surface area contributed by atoms with Crippen molar-refractivity contribution in [2.24, 2.45) is 4.99 Å². The lowest BCUT2D eigenvalue weighted by Gasteiger charge is -2.17. The van der Waals surface area contributed by atoms with Gasteiger partial charge in [0.15, 0.2) is 17.4 Å². The molecule has 0 bridgehead atoms. The number of nitrogens with one attached hydrogen (secondary N) is 2. The van der Waals surface area contributed by atoms with Crippen LogP contribution >= 0.6 is 0 Å². The zero-order valence-electron chi connectivity index (χ0n) is 13.2. The third kappa shape index (κ3) is 3.58. The number of rotatable bonds is 4. The van der Waals surface area contributed by atoms with Crippen molar-refractivity contribution in [2.45, 2.75) is 19.4 Å². The molecule has 122 valence electrons. The molecule has 2 N–H and O–H groups in total. The number of pyridine rings is 1. The van der Waals surface area contributed by atoms with Gasteiger partial charge in [0.1, 0.15) is 0 Å². The summed E-state index contributed by atoms with van der Waals surface area (Å²) in [6.45, 7) is 2.44. The molecule has 2 aromatic heterocycles. The molecule has 0 spiro atoms. The maximum atomic E-state index is 12.0.